The van der Waals surface area contributed by atoms with Gasteiger partial charge in [-0.3, -0.25) is 9.68 Å². The van der Waals surface area contributed by atoms with Gasteiger partial charge in [-0.15, -0.1) is 0 Å². The number of nitrogens with one attached hydrogen (secondary N) is 1. The smallest absolute Gasteiger partial charge is 0.168 e. The van der Waals surface area contributed by atoms with E-state index in [-0.39, 0.29) is 13.5 Å². The Kier molecular flexibility index (Phi) is 7.63. The highest BCUT2D eigenvalue weighted by Crippen LogP contribution is 1.69. The van der Waals surface area contributed by atoms with E-state index in [1.54, 1.807) is 0 Å². The van der Waals surface area contributed by atoms with Crippen molar-refractivity contribution in [1.82, 2.24) is 5.48 Å². The van der Waals surface area contributed by atoms with Crippen LogP contribution in [-0.4, -0.2) is 20.1 Å². The van der Waals surface area contributed by atoms with Crippen LogP contribution in [0.25, 0.3) is 0 Å². The zero-order valence-corrected chi connectivity index (χ0v) is 5.42. The lowest BCUT2D eigenvalue weighted by atomic mass is 10.9. The number of ether oxygens (including phenoxy) is 1. The molecular formula is C4H12N2O3. The van der Waals surface area contributed by atoms with E-state index >= 15 is 0 Å². The van der Waals surface area contributed by atoms with Gasteiger partial charge in [0.25, 0.3) is 0 Å². The highest BCUT2D eigenvalue weighted by Gasteiger charge is 1.82. The number of hydrogen-bond donors (Lipinski definition) is 2. The molecule has 0 heterocycles. The monoisotopic (exact) mass is 136 g/mol. The molecule has 0 spiro atoms. The minimum absolute atomic E-state index is 0.0695. The normalized spacial score (nSPS) is 10.0. The standard InChI is InChI=1S/C4H12N2O3/c1-2-9-6-3-7-4-8-5/h6H,2-5H2,1H3. The quantitative estimate of drug-likeness (QED) is 0.288. The molecule has 5 heteroatoms. The maximum Gasteiger partial charge on any atom is 0.168 e. The number of rotatable bonds is 6. The second-order valence-corrected chi connectivity index (χ2v) is 1.21. The molecule has 5 nitrogen and oxygen atoms in total. The molecule has 0 aromatic heterocycles. The first-order valence-corrected chi connectivity index (χ1v) is 2.66. The highest BCUT2D eigenvalue weighted by atomic mass is 16.8. The van der Waals surface area contributed by atoms with Gasteiger partial charge in [0.2, 0.25) is 0 Å². The molecule has 0 rings (SSSR count). The summed E-state index contributed by atoms with van der Waals surface area (Å²) in [6.07, 6.45) is 0. The summed E-state index contributed by atoms with van der Waals surface area (Å²) in [4.78, 5) is 8.81. The lowest BCUT2D eigenvalue weighted by Gasteiger charge is -2.02. The van der Waals surface area contributed by atoms with Gasteiger partial charge in [-0.05, 0) is 6.92 Å². The van der Waals surface area contributed by atoms with Crippen LogP contribution in [0.1, 0.15) is 6.92 Å². The summed E-state index contributed by atoms with van der Waals surface area (Å²) >= 11 is 0. The Labute approximate surface area is 54.0 Å². The Morgan fingerprint density at radius 3 is 2.89 bits per heavy atom. The number of hydrogen-bond acceptors (Lipinski definition) is 5. The molecule has 0 saturated carbocycles. The molecule has 3 N–H and O–H groups in total. The van der Waals surface area contributed by atoms with Gasteiger partial charge in [0.1, 0.15) is 6.73 Å². The average Bonchev–Trinajstić information content (AvgIpc) is 1.89. The molecule has 0 aliphatic heterocycles. The van der Waals surface area contributed by atoms with Crippen LogP contribution in [0.4, 0.5) is 0 Å². The fraction of sp³-hybridized carbons (Fsp3) is 1.00. The molecule has 0 aliphatic rings. The lowest BCUT2D eigenvalue weighted by Crippen LogP contribution is -2.20. The molecule has 56 valence electrons. The van der Waals surface area contributed by atoms with Crippen molar-refractivity contribution in [2.45, 2.75) is 6.92 Å². The summed E-state index contributed by atoms with van der Waals surface area (Å²) in [6.45, 7) is 2.82. The zero-order chi connectivity index (χ0) is 6.95. The Bertz CT molecular complexity index is 47.1. The van der Waals surface area contributed by atoms with Crippen LogP contribution in [0.15, 0.2) is 0 Å². The molecule has 0 atom stereocenters. The van der Waals surface area contributed by atoms with Crippen LogP contribution in [0, 0.1) is 0 Å². The zero-order valence-electron chi connectivity index (χ0n) is 5.42. The van der Waals surface area contributed by atoms with Crippen molar-refractivity contribution in [3.05, 3.63) is 0 Å². The fourth-order valence-corrected chi connectivity index (χ4v) is 0.275. The van der Waals surface area contributed by atoms with E-state index in [0.29, 0.717) is 6.61 Å². The summed E-state index contributed by atoms with van der Waals surface area (Å²) in [5, 5.41) is 0. The maximum atomic E-state index is 4.71. The molecular weight excluding hydrogens is 124 g/mol. The lowest BCUT2D eigenvalue weighted by molar-refractivity contribution is -0.101. The van der Waals surface area contributed by atoms with E-state index in [0.717, 1.165) is 0 Å². The molecule has 0 amide bonds. The Morgan fingerprint density at radius 1 is 1.56 bits per heavy atom. The molecule has 0 unspecified atom stereocenters. The largest absolute Gasteiger partial charge is 0.336 e. The van der Waals surface area contributed by atoms with Crippen molar-refractivity contribution in [1.29, 1.82) is 0 Å². The molecule has 0 radical (unpaired) electrons. The SMILES string of the molecule is CCONCOCON. The van der Waals surface area contributed by atoms with Gasteiger partial charge in [-0.1, -0.05) is 0 Å². The molecule has 0 aromatic rings. The van der Waals surface area contributed by atoms with Crippen molar-refractivity contribution >= 4 is 0 Å². The van der Waals surface area contributed by atoms with Crippen LogP contribution in [0.3, 0.4) is 0 Å². The molecule has 0 aliphatic carbocycles. The van der Waals surface area contributed by atoms with Crippen molar-refractivity contribution in [2.24, 2.45) is 5.90 Å². The van der Waals surface area contributed by atoms with Gasteiger partial charge in [0, 0.05) is 0 Å². The number of nitrogens with two attached hydrogens (primary N) is 1. The van der Waals surface area contributed by atoms with Crippen LogP contribution in [0.2, 0.25) is 0 Å². The van der Waals surface area contributed by atoms with Crippen LogP contribution < -0.4 is 11.4 Å². The Balaban J connectivity index is 2.60. The minimum atomic E-state index is 0.0695. The third-order valence-electron chi connectivity index (χ3n) is 0.559. The first-order chi connectivity index (χ1) is 4.41. The van der Waals surface area contributed by atoms with Crippen LogP contribution in [0.5, 0.6) is 0 Å². The van der Waals surface area contributed by atoms with E-state index in [2.05, 4.69) is 16.2 Å². The van der Waals surface area contributed by atoms with E-state index in [1.807, 2.05) is 6.92 Å². The van der Waals surface area contributed by atoms with Crippen LogP contribution >= 0.6 is 0 Å². The number of hydroxylamine groups is 1. The van der Waals surface area contributed by atoms with Crippen molar-refractivity contribution in [3.63, 3.8) is 0 Å². The third-order valence-corrected chi connectivity index (χ3v) is 0.559. The molecule has 0 fully saturated rings. The van der Waals surface area contributed by atoms with Crippen molar-refractivity contribution in [3.8, 4) is 0 Å². The second kappa shape index (κ2) is 7.80. The fourth-order valence-electron chi connectivity index (χ4n) is 0.275. The summed E-state index contributed by atoms with van der Waals surface area (Å²) in [5.41, 5.74) is 2.51. The second-order valence-electron chi connectivity index (χ2n) is 1.21. The molecule has 0 bridgehead atoms. The molecule has 0 saturated heterocycles. The third kappa shape index (κ3) is 7.80. The summed E-state index contributed by atoms with van der Waals surface area (Å²) in [7, 11) is 0. The Morgan fingerprint density at radius 2 is 2.33 bits per heavy atom. The first kappa shape index (κ1) is 8.80. The van der Waals surface area contributed by atoms with Gasteiger partial charge >= 0.3 is 0 Å². The van der Waals surface area contributed by atoms with Crippen molar-refractivity contribution in [2.75, 3.05) is 20.1 Å². The Hall–Kier alpha value is -0.200. The van der Waals surface area contributed by atoms with E-state index < -0.39 is 0 Å². The molecule has 9 heavy (non-hydrogen) atoms. The summed E-state index contributed by atoms with van der Waals surface area (Å²) in [5.74, 6) is 4.65. The minimum Gasteiger partial charge on any atom is -0.336 e. The van der Waals surface area contributed by atoms with Gasteiger partial charge in [0.05, 0.1) is 6.61 Å². The summed E-state index contributed by atoms with van der Waals surface area (Å²) < 4.78 is 4.70. The van der Waals surface area contributed by atoms with E-state index in [9.17, 15) is 0 Å². The topological polar surface area (TPSA) is 65.7 Å². The van der Waals surface area contributed by atoms with Crippen LogP contribution in [-0.2, 0) is 14.4 Å². The van der Waals surface area contributed by atoms with Crippen molar-refractivity contribution < 1.29 is 14.4 Å². The highest BCUT2D eigenvalue weighted by molar-refractivity contribution is 4.08. The van der Waals surface area contributed by atoms with Gasteiger partial charge in [-0.25, -0.2) is 5.90 Å². The maximum absolute atomic E-state index is 4.71. The predicted molar refractivity (Wildman–Crippen MR) is 30.9 cm³/mol. The van der Waals surface area contributed by atoms with Gasteiger partial charge in [-0.2, -0.15) is 5.48 Å². The van der Waals surface area contributed by atoms with Gasteiger partial charge < -0.3 is 4.74 Å². The first-order valence-electron chi connectivity index (χ1n) is 2.66. The molecule has 0 aromatic carbocycles. The average molecular weight is 136 g/mol. The van der Waals surface area contributed by atoms with E-state index in [1.165, 1.54) is 0 Å². The van der Waals surface area contributed by atoms with Gasteiger partial charge in [0.15, 0.2) is 6.79 Å². The summed E-state index contributed by atoms with van der Waals surface area (Å²) in [6, 6.07) is 0. The van der Waals surface area contributed by atoms with E-state index in [4.69, 9.17) is 9.57 Å². The predicted octanol–water partition coefficient (Wildman–Crippen LogP) is -0.651.